The Morgan fingerprint density at radius 2 is 1.71 bits per heavy atom. The van der Waals surface area contributed by atoms with Gasteiger partial charge in [0.15, 0.2) is 0 Å². The van der Waals surface area contributed by atoms with E-state index in [1.54, 1.807) is 0 Å². The monoisotopic (exact) mass is 343 g/mol. The van der Waals surface area contributed by atoms with Crippen molar-refractivity contribution in [1.82, 2.24) is 9.55 Å². The van der Waals surface area contributed by atoms with Gasteiger partial charge in [-0.05, 0) is 37.1 Å². The maximum absolute atomic E-state index is 5.80. The van der Waals surface area contributed by atoms with Crippen molar-refractivity contribution < 1.29 is 17.1 Å². The summed E-state index contributed by atoms with van der Waals surface area (Å²) < 4.78 is 8.16. The molecule has 0 unspecified atom stereocenters. The number of hydrogen-bond acceptors (Lipinski definition) is 2. The minimum Gasteiger partial charge on any atom is -1.00 e. The van der Waals surface area contributed by atoms with E-state index in [-0.39, 0.29) is 12.4 Å². The van der Waals surface area contributed by atoms with Crippen LogP contribution in [-0.2, 0) is 13.0 Å². The summed E-state index contributed by atoms with van der Waals surface area (Å²) in [4.78, 5) is 4.81. The molecule has 4 heteroatoms. The number of nitrogens with zero attached hydrogens (tertiary/aromatic N) is 2. The van der Waals surface area contributed by atoms with Gasteiger partial charge >= 0.3 is 0 Å². The van der Waals surface area contributed by atoms with Gasteiger partial charge < -0.3 is 21.7 Å². The van der Waals surface area contributed by atoms with E-state index >= 15 is 0 Å². The molecule has 0 saturated heterocycles. The summed E-state index contributed by atoms with van der Waals surface area (Å²) in [7, 11) is 0. The van der Waals surface area contributed by atoms with Crippen molar-refractivity contribution in [2.75, 3.05) is 6.61 Å². The van der Waals surface area contributed by atoms with Crippen LogP contribution in [0.4, 0.5) is 0 Å². The van der Waals surface area contributed by atoms with Crippen molar-refractivity contribution in [2.45, 2.75) is 39.2 Å². The lowest BCUT2D eigenvalue weighted by Crippen LogP contribution is -3.00. The van der Waals surface area contributed by atoms with Crippen LogP contribution in [0.3, 0.4) is 0 Å². The van der Waals surface area contributed by atoms with Crippen molar-refractivity contribution in [3.63, 3.8) is 0 Å². The molecular formula is C20H24ClN2O-. The number of hydrogen-bond donors (Lipinski definition) is 0. The lowest BCUT2D eigenvalue weighted by Gasteiger charge is -2.10. The van der Waals surface area contributed by atoms with E-state index in [0.29, 0.717) is 0 Å². The zero-order valence-electron chi connectivity index (χ0n) is 14.1. The Hall–Kier alpha value is -2.00. The van der Waals surface area contributed by atoms with E-state index in [2.05, 4.69) is 35.8 Å². The van der Waals surface area contributed by atoms with Crippen LogP contribution >= 0.6 is 0 Å². The first kappa shape index (κ1) is 18.3. The fraction of sp³-hybridized carbons (Fsp3) is 0.350. The highest BCUT2D eigenvalue weighted by atomic mass is 35.5. The molecule has 3 aromatic rings. The molecule has 128 valence electrons. The lowest BCUT2D eigenvalue weighted by atomic mass is 10.2. The lowest BCUT2D eigenvalue weighted by molar-refractivity contribution is -0.00000533. The minimum atomic E-state index is 0. The van der Waals surface area contributed by atoms with Gasteiger partial charge in [-0.1, -0.05) is 43.7 Å². The molecule has 0 atom stereocenters. The van der Waals surface area contributed by atoms with E-state index in [1.165, 1.54) is 24.2 Å². The van der Waals surface area contributed by atoms with Gasteiger partial charge in [-0.3, -0.25) is 0 Å². The van der Waals surface area contributed by atoms with Crippen molar-refractivity contribution in [3.05, 3.63) is 60.4 Å². The summed E-state index contributed by atoms with van der Waals surface area (Å²) in [5.41, 5.74) is 2.33. The van der Waals surface area contributed by atoms with Gasteiger partial charge in [0, 0.05) is 13.0 Å². The Balaban J connectivity index is 0.00000208. The van der Waals surface area contributed by atoms with Crippen molar-refractivity contribution in [2.24, 2.45) is 0 Å². The van der Waals surface area contributed by atoms with Crippen molar-refractivity contribution in [1.29, 1.82) is 0 Å². The number of ether oxygens (including phenoxy) is 1. The van der Waals surface area contributed by atoms with Gasteiger partial charge in [0.2, 0.25) is 0 Å². The molecule has 3 rings (SSSR count). The zero-order valence-corrected chi connectivity index (χ0v) is 14.9. The SMILES string of the molecule is CCCCc1nc2ccccc2n1CCCOc1ccccc1.[Cl-]. The topological polar surface area (TPSA) is 27.1 Å². The number of benzene rings is 2. The van der Waals surface area contributed by atoms with E-state index in [0.717, 1.165) is 37.3 Å². The average molecular weight is 344 g/mol. The van der Waals surface area contributed by atoms with Crippen molar-refractivity contribution in [3.8, 4) is 5.75 Å². The third kappa shape index (κ3) is 4.51. The first-order valence-corrected chi connectivity index (χ1v) is 8.50. The number of aryl methyl sites for hydroxylation is 2. The molecule has 3 nitrogen and oxygen atoms in total. The maximum Gasteiger partial charge on any atom is 0.119 e. The molecule has 0 spiro atoms. The summed E-state index contributed by atoms with van der Waals surface area (Å²) in [6.45, 7) is 3.90. The van der Waals surface area contributed by atoms with Crippen LogP contribution in [0.5, 0.6) is 5.75 Å². The Labute approximate surface area is 150 Å². The second-order valence-electron chi connectivity index (χ2n) is 5.79. The number of rotatable bonds is 8. The van der Waals surface area contributed by atoms with Crippen LogP contribution < -0.4 is 17.1 Å². The Bertz CT molecular complexity index is 740. The van der Waals surface area contributed by atoms with Crippen LogP contribution in [0, 0.1) is 0 Å². The molecule has 0 amide bonds. The second-order valence-corrected chi connectivity index (χ2v) is 5.79. The number of imidazole rings is 1. The molecule has 0 radical (unpaired) electrons. The van der Waals surface area contributed by atoms with Crippen LogP contribution in [0.25, 0.3) is 11.0 Å². The van der Waals surface area contributed by atoms with E-state index in [1.807, 2.05) is 30.3 Å². The third-order valence-electron chi connectivity index (χ3n) is 4.03. The average Bonchev–Trinajstić information content (AvgIpc) is 2.95. The van der Waals surface area contributed by atoms with Crippen LogP contribution in [-0.4, -0.2) is 16.2 Å². The van der Waals surface area contributed by atoms with Gasteiger partial charge in [0.25, 0.3) is 0 Å². The Kier molecular flexibility index (Phi) is 7.13. The highest BCUT2D eigenvalue weighted by molar-refractivity contribution is 5.75. The normalized spacial score (nSPS) is 10.5. The molecule has 0 saturated carbocycles. The molecule has 1 heterocycles. The highest BCUT2D eigenvalue weighted by Gasteiger charge is 2.09. The van der Waals surface area contributed by atoms with Crippen LogP contribution in [0.1, 0.15) is 32.0 Å². The van der Waals surface area contributed by atoms with E-state index < -0.39 is 0 Å². The predicted octanol–water partition coefficient (Wildman–Crippen LogP) is 1.85. The Morgan fingerprint density at radius 3 is 2.50 bits per heavy atom. The quantitative estimate of drug-likeness (QED) is 0.584. The maximum atomic E-state index is 5.80. The second kappa shape index (κ2) is 9.33. The first-order chi connectivity index (χ1) is 11.4. The standard InChI is InChI=1S/C20H24N2O.ClH/c1-2-3-14-20-21-18-12-7-8-13-19(18)22(20)15-9-16-23-17-10-5-4-6-11-17;/h4-8,10-13H,2-3,9,14-16H2,1H3;1H/p-1. The fourth-order valence-corrected chi connectivity index (χ4v) is 2.83. The van der Waals surface area contributed by atoms with Gasteiger partial charge in [-0.25, -0.2) is 4.98 Å². The molecular weight excluding hydrogens is 320 g/mol. The van der Waals surface area contributed by atoms with Crippen molar-refractivity contribution >= 4 is 11.0 Å². The predicted molar refractivity (Wildman–Crippen MR) is 94.9 cm³/mol. The molecule has 0 bridgehead atoms. The molecule has 2 aromatic carbocycles. The van der Waals surface area contributed by atoms with Gasteiger partial charge in [0.05, 0.1) is 17.6 Å². The molecule has 24 heavy (non-hydrogen) atoms. The summed E-state index contributed by atoms with van der Waals surface area (Å²) in [5.74, 6) is 2.14. The fourth-order valence-electron chi connectivity index (χ4n) is 2.83. The largest absolute Gasteiger partial charge is 1.00 e. The zero-order chi connectivity index (χ0) is 15.9. The number of unbranched alkanes of at least 4 members (excludes halogenated alkanes) is 1. The summed E-state index contributed by atoms with van der Waals surface area (Å²) >= 11 is 0. The van der Waals surface area contributed by atoms with E-state index in [4.69, 9.17) is 9.72 Å². The highest BCUT2D eigenvalue weighted by Crippen LogP contribution is 2.18. The first-order valence-electron chi connectivity index (χ1n) is 8.50. The smallest absolute Gasteiger partial charge is 0.119 e. The number of aromatic nitrogens is 2. The molecule has 0 fully saturated rings. The van der Waals surface area contributed by atoms with Gasteiger partial charge in [0.1, 0.15) is 11.6 Å². The van der Waals surface area contributed by atoms with Gasteiger partial charge in [-0.15, -0.1) is 0 Å². The summed E-state index contributed by atoms with van der Waals surface area (Å²) in [6.07, 6.45) is 4.41. The summed E-state index contributed by atoms with van der Waals surface area (Å²) in [6, 6.07) is 18.4. The van der Waals surface area contributed by atoms with E-state index in [9.17, 15) is 0 Å². The van der Waals surface area contributed by atoms with Crippen LogP contribution in [0.15, 0.2) is 54.6 Å². The number of fused-ring (bicyclic) bond motifs is 1. The number of para-hydroxylation sites is 3. The minimum absolute atomic E-state index is 0. The molecule has 0 aliphatic carbocycles. The van der Waals surface area contributed by atoms with Crippen LogP contribution in [0.2, 0.25) is 0 Å². The molecule has 1 aromatic heterocycles. The molecule has 0 aliphatic rings. The van der Waals surface area contributed by atoms with Gasteiger partial charge in [-0.2, -0.15) is 0 Å². The number of halogens is 1. The summed E-state index contributed by atoms with van der Waals surface area (Å²) in [5, 5.41) is 0. The molecule has 0 aliphatic heterocycles. The Morgan fingerprint density at radius 1 is 0.958 bits per heavy atom. The third-order valence-corrected chi connectivity index (χ3v) is 4.03. The molecule has 0 N–H and O–H groups in total.